The number of benzene rings is 2. The van der Waals surface area contributed by atoms with Gasteiger partial charge >= 0.3 is 0 Å². The number of nitrogens with one attached hydrogen (secondary N) is 1. The predicted molar refractivity (Wildman–Crippen MR) is 115 cm³/mol. The molecule has 0 unspecified atom stereocenters. The van der Waals surface area contributed by atoms with E-state index in [-0.39, 0.29) is 22.8 Å². The van der Waals surface area contributed by atoms with Crippen LogP contribution in [0.5, 0.6) is 5.75 Å². The number of aromatic nitrogens is 1. The summed E-state index contributed by atoms with van der Waals surface area (Å²) in [5.74, 6) is 0.437. The first-order valence-corrected chi connectivity index (χ1v) is 10.4. The topological polar surface area (TPSA) is 56.3 Å². The SMILES string of the molecule is Cc1ccc2[nH]cc(C(=O)N3CC[C@@]4(C)c5cccc(O)c5C[C@@H]3C4(C)C)c2c1. The molecule has 2 N–H and O–H groups in total. The zero-order valence-electron chi connectivity index (χ0n) is 17.5. The second-order valence-electron chi connectivity index (χ2n) is 9.58. The van der Waals surface area contributed by atoms with Gasteiger partial charge < -0.3 is 15.0 Å². The molecule has 4 heteroatoms. The minimum atomic E-state index is -0.0935. The molecular formula is C25H28N2O2. The van der Waals surface area contributed by atoms with Crippen LogP contribution in [0.25, 0.3) is 10.9 Å². The van der Waals surface area contributed by atoms with Gasteiger partial charge in [0.2, 0.25) is 0 Å². The minimum Gasteiger partial charge on any atom is -0.508 e. The number of phenolic OH excluding ortho intramolecular Hbond substituents is 1. The number of fused-ring (bicyclic) bond motifs is 5. The Kier molecular flexibility index (Phi) is 3.71. The Morgan fingerprint density at radius 2 is 2.00 bits per heavy atom. The van der Waals surface area contributed by atoms with Gasteiger partial charge in [0.1, 0.15) is 5.75 Å². The fourth-order valence-electron chi connectivity index (χ4n) is 5.74. The number of carbonyl (C=O) groups is 1. The number of nitrogens with zero attached hydrogens (tertiary/aromatic N) is 1. The second kappa shape index (κ2) is 5.88. The first kappa shape index (κ1) is 18.3. The highest BCUT2D eigenvalue weighted by Crippen LogP contribution is 2.57. The average molecular weight is 389 g/mol. The molecule has 1 amide bonds. The predicted octanol–water partition coefficient (Wildman–Crippen LogP) is 4.94. The molecule has 0 saturated carbocycles. The van der Waals surface area contributed by atoms with E-state index in [2.05, 4.69) is 55.8 Å². The first-order chi connectivity index (χ1) is 13.7. The molecule has 2 heterocycles. The molecule has 5 rings (SSSR count). The third kappa shape index (κ3) is 2.35. The highest BCUT2D eigenvalue weighted by atomic mass is 16.3. The summed E-state index contributed by atoms with van der Waals surface area (Å²) in [5.41, 5.74) is 4.97. The van der Waals surface area contributed by atoms with E-state index in [0.717, 1.165) is 40.6 Å². The first-order valence-electron chi connectivity index (χ1n) is 10.4. The third-order valence-electron chi connectivity index (χ3n) is 7.96. The largest absolute Gasteiger partial charge is 0.508 e. The van der Waals surface area contributed by atoms with Gasteiger partial charge in [0.15, 0.2) is 0 Å². The quantitative estimate of drug-likeness (QED) is 0.621. The normalized spacial score (nSPS) is 25.1. The van der Waals surface area contributed by atoms with Crippen molar-refractivity contribution >= 4 is 16.8 Å². The average Bonchev–Trinajstić information content (AvgIpc) is 3.08. The van der Waals surface area contributed by atoms with Crippen LogP contribution in [0.1, 0.15) is 54.2 Å². The van der Waals surface area contributed by atoms with E-state index in [1.165, 1.54) is 5.56 Å². The standard InChI is InChI=1S/C25H28N2O2/c1-15-8-9-20-16(12-15)18(14-26-20)23(29)27-11-10-25(4)19-6-5-7-21(28)17(19)13-22(27)24(25,2)3/h5-9,12,14,22,26,28H,10-11,13H2,1-4H3/t22-,25+/m1/s1. The number of H-pyrrole nitrogens is 1. The summed E-state index contributed by atoms with van der Waals surface area (Å²) < 4.78 is 0. The molecule has 29 heavy (non-hydrogen) atoms. The van der Waals surface area contributed by atoms with Gasteiger partial charge in [-0.05, 0) is 54.5 Å². The number of hydrogen-bond acceptors (Lipinski definition) is 2. The summed E-state index contributed by atoms with van der Waals surface area (Å²) in [6.07, 6.45) is 3.43. The number of rotatable bonds is 1. The number of aryl methyl sites for hydroxylation is 1. The van der Waals surface area contributed by atoms with Crippen LogP contribution in [-0.2, 0) is 11.8 Å². The molecule has 1 aliphatic carbocycles. The maximum absolute atomic E-state index is 13.7. The van der Waals surface area contributed by atoms with E-state index < -0.39 is 0 Å². The molecule has 0 radical (unpaired) electrons. The number of carbonyl (C=O) groups excluding carboxylic acids is 1. The van der Waals surface area contributed by atoms with E-state index >= 15 is 0 Å². The van der Waals surface area contributed by atoms with Crippen LogP contribution in [0, 0.1) is 12.3 Å². The maximum atomic E-state index is 13.7. The lowest BCUT2D eigenvalue weighted by atomic mass is 9.51. The Labute approximate surface area is 171 Å². The molecule has 0 spiro atoms. The van der Waals surface area contributed by atoms with Gasteiger partial charge in [0.05, 0.1) is 5.56 Å². The summed E-state index contributed by atoms with van der Waals surface area (Å²) in [4.78, 5) is 19.0. The molecule has 3 aromatic rings. The van der Waals surface area contributed by atoms with Crippen molar-refractivity contribution in [1.82, 2.24) is 9.88 Å². The van der Waals surface area contributed by atoms with Gasteiger partial charge in [0.25, 0.3) is 5.91 Å². The van der Waals surface area contributed by atoms with Crippen molar-refractivity contribution in [3.63, 3.8) is 0 Å². The molecule has 2 aliphatic rings. The Balaban J connectivity index is 1.61. The zero-order valence-corrected chi connectivity index (χ0v) is 17.5. The summed E-state index contributed by atoms with van der Waals surface area (Å²) in [5, 5.41) is 11.6. The number of phenols is 1. The van der Waals surface area contributed by atoms with Crippen molar-refractivity contribution in [2.45, 2.75) is 52.0 Å². The molecule has 1 aliphatic heterocycles. The lowest BCUT2D eigenvalue weighted by Gasteiger charge is -2.60. The summed E-state index contributed by atoms with van der Waals surface area (Å²) >= 11 is 0. The Hall–Kier alpha value is -2.75. The van der Waals surface area contributed by atoms with Crippen LogP contribution in [0.15, 0.2) is 42.6 Å². The summed E-state index contributed by atoms with van der Waals surface area (Å²) in [7, 11) is 0. The van der Waals surface area contributed by atoms with E-state index in [4.69, 9.17) is 0 Å². The highest BCUT2D eigenvalue weighted by Gasteiger charge is 2.57. The number of hydrogen-bond donors (Lipinski definition) is 2. The van der Waals surface area contributed by atoms with Gasteiger partial charge in [-0.3, -0.25) is 4.79 Å². The van der Waals surface area contributed by atoms with E-state index in [9.17, 15) is 9.90 Å². The van der Waals surface area contributed by atoms with Crippen LogP contribution >= 0.6 is 0 Å². The summed E-state index contributed by atoms with van der Waals surface area (Å²) in [6.45, 7) is 9.65. The van der Waals surface area contributed by atoms with Crippen LogP contribution in [-0.4, -0.2) is 33.5 Å². The maximum Gasteiger partial charge on any atom is 0.256 e. The fraction of sp³-hybridized carbons (Fsp3) is 0.400. The monoisotopic (exact) mass is 388 g/mol. The molecule has 1 fully saturated rings. The Morgan fingerprint density at radius 1 is 1.21 bits per heavy atom. The van der Waals surface area contributed by atoms with Crippen molar-refractivity contribution in [2.75, 3.05) is 6.54 Å². The van der Waals surface area contributed by atoms with Crippen molar-refractivity contribution < 1.29 is 9.90 Å². The van der Waals surface area contributed by atoms with Crippen LogP contribution < -0.4 is 0 Å². The van der Waals surface area contributed by atoms with Gasteiger partial charge in [-0.15, -0.1) is 0 Å². The molecule has 1 saturated heterocycles. The van der Waals surface area contributed by atoms with Crippen molar-refractivity contribution in [3.05, 3.63) is 64.8 Å². The molecule has 1 aromatic heterocycles. The lowest BCUT2D eigenvalue weighted by molar-refractivity contribution is -0.0265. The van der Waals surface area contributed by atoms with E-state index in [1.807, 2.05) is 18.3 Å². The molecule has 2 bridgehead atoms. The van der Waals surface area contributed by atoms with Crippen LogP contribution in [0.2, 0.25) is 0 Å². The van der Waals surface area contributed by atoms with Gasteiger partial charge in [-0.25, -0.2) is 0 Å². The van der Waals surface area contributed by atoms with Crippen molar-refractivity contribution in [3.8, 4) is 5.75 Å². The molecule has 4 nitrogen and oxygen atoms in total. The van der Waals surface area contributed by atoms with E-state index in [0.29, 0.717) is 12.2 Å². The third-order valence-corrected chi connectivity index (χ3v) is 7.96. The number of aromatic amines is 1. The molecular weight excluding hydrogens is 360 g/mol. The molecule has 2 atom stereocenters. The molecule has 150 valence electrons. The number of amides is 1. The second-order valence-corrected chi connectivity index (χ2v) is 9.58. The summed E-state index contributed by atoms with van der Waals surface area (Å²) in [6, 6.07) is 12.1. The highest BCUT2D eigenvalue weighted by molar-refractivity contribution is 6.07. The fourth-order valence-corrected chi connectivity index (χ4v) is 5.74. The van der Waals surface area contributed by atoms with Crippen LogP contribution in [0.3, 0.4) is 0 Å². The lowest BCUT2D eigenvalue weighted by Crippen LogP contribution is -2.64. The number of piperidine rings is 1. The Morgan fingerprint density at radius 3 is 2.79 bits per heavy atom. The smallest absolute Gasteiger partial charge is 0.256 e. The Bertz CT molecular complexity index is 1140. The van der Waals surface area contributed by atoms with Crippen molar-refractivity contribution in [2.24, 2.45) is 5.41 Å². The van der Waals surface area contributed by atoms with E-state index in [1.54, 1.807) is 6.07 Å². The van der Waals surface area contributed by atoms with Gasteiger partial charge in [0, 0.05) is 35.1 Å². The zero-order chi connectivity index (χ0) is 20.6. The molecule has 2 aromatic carbocycles. The minimum absolute atomic E-state index is 0.0457. The van der Waals surface area contributed by atoms with Gasteiger partial charge in [-0.1, -0.05) is 44.5 Å². The van der Waals surface area contributed by atoms with Crippen LogP contribution in [0.4, 0.5) is 0 Å². The van der Waals surface area contributed by atoms with Crippen molar-refractivity contribution in [1.29, 1.82) is 0 Å². The van der Waals surface area contributed by atoms with Gasteiger partial charge in [-0.2, -0.15) is 0 Å². The number of aromatic hydroxyl groups is 1. The number of likely N-dealkylation sites (tertiary alicyclic amines) is 1.